The number of hydrogen-bond donors (Lipinski definition) is 1. The second-order valence-electron chi connectivity index (χ2n) is 1.24. The maximum atomic E-state index is 3.58. The van der Waals surface area contributed by atoms with Gasteiger partial charge < -0.3 is 5.32 Å². The van der Waals surface area contributed by atoms with Gasteiger partial charge in [0.2, 0.25) is 0 Å². The third-order valence-electron chi connectivity index (χ3n) is 0.697. The van der Waals surface area contributed by atoms with E-state index >= 15 is 0 Å². The summed E-state index contributed by atoms with van der Waals surface area (Å²) < 4.78 is 0. The summed E-state index contributed by atoms with van der Waals surface area (Å²) in [6, 6.07) is 0. The molecule has 0 aliphatic carbocycles. The minimum atomic E-state index is 1.03. The van der Waals surface area contributed by atoms with Crippen LogP contribution in [-0.4, -0.2) is 6.72 Å². The van der Waals surface area contributed by atoms with E-state index in [0.29, 0.717) is 0 Å². The third kappa shape index (κ3) is 1.13. The van der Waals surface area contributed by atoms with Gasteiger partial charge in [-0.1, -0.05) is 11.8 Å². The van der Waals surface area contributed by atoms with Gasteiger partial charge in [0.15, 0.2) is 0 Å². The van der Waals surface area contributed by atoms with Crippen molar-refractivity contribution < 1.29 is 0 Å². The molecule has 0 aromatic heterocycles. The van der Waals surface area contributed by atoms with Crippen molar-refractivity contribution in [3.8, 4) is 0 Å². The Morgan fingerprint density at radius 1 is 1.88 bits per heavy atom. The minimum Gasteiger partial charge on any atom is -0.354 e. The fourth-order valence-corrected chi connectivity index (χ4v) is 0.962. The Labute approximate surface area is 52.4 Å². The van der Waals surface area contributed by atoms with E-state index in [1.165, 1.54) is 0 Å². The number of aliphatic imine (C=N–C) groups is 1. The molecule has 0 spiro atoms. The summed E-state index contributed by atoms with van der Waals surface area (Å²) in [5.74, 6) is 0. The van der Waals surface area contributed by atoms with Crippen LogP contribution in [0.5, 0.6) is 0 Å². The first-order valence-corrected chi connectivity index (χ1v) is 3.05. The maximum Gasteiger partial charge on any atom is 0.0950 e. The molecule has 0 unspecified atom stereocenters. The lowest BCUT2D eigenvalue weighted by Gasteiger charge is -1.89. The smallest absolute Gasteiger partial charge is 0.0950 e. The Balaban J connectivity index is 2.50. The zero-order chi connectivity index (χ0) is 5.82. The monoisotopic (exact) mass is 126 g/mol. The number of hydrogen-bond acceptors (Lipinski definition) is 3. The molecule has 0 saturated carbocycles. The van der Waals surface area contributed by atoms with Crippen LogP contribution in [0.1, 0.15) is 0 Å². The van der Waals surface area contributed by atoms with Crippen molar-refractivity contribution in [2.45, 2.75) is 0 Å². The van der Waals surface area contributed by atoms with E-state index < -0.39 is 0 Å². The molecule has 0 aromatic carbocycles. The third-order valence-corrected chi connectivity index (χ3v) is 1.45. The predicted octanol–water partition coefficient (Wildman–Crippen LogP) is 1.29. The van der Waals surface area contributed by atoms with E-state index in [2.05, 4.69) is 17.0 Å². The van der Waals surface area contributed by atoms with Crippen LogP contribution in [0.4, 0.5) is 0 Å². The zero-order valence-corrected chi connectivity index (χ0v) is 5.11. The molecule has 1 aliphatic rings. The molecule has 0 atom stereocenters. The summed E-state index contributed by atoms with van der Waals surface area (Å²) in [6.07, 6.45) is 3.55. The van der Waals surface area contributed by atoms with Crippen LogP contribution in [0.2, 0.25) is 0 Å². The number of rotatable bonds is 1. The SMILES string of the molecule is C=NC=C1NC=CS1. The molecule has 1 heterocycles. The van der Waals surface area contributed by atoms with Crippen molar-refractivity contribution in [1.29, 1.82) is 0 Å². The minimum absolute atomic E-state index is 1.03. The molecule has 1 aliphatic heterocycles. The van der Waals surface area contributed by atoms with Gasteiger partial charge in [-0.3, -0.25) is 4.99 Å². The van der Waals surface area contributed by atoms with Gasteiger partial charge >= 0.3 is 0 Å². The summed E-state index contributed by atoms with van der Waals surface area (Å²) in [6.45, 7) is 3.32. The van der Waals surface area contributed by atoms with Crippen molar-refractivity contribution in [2.75, 3.05) is 0 Å². The summed E-state index contributed by atoms with van der Waals surface area (Å²) in [7, 11) is 0. The van der Waals surface area contributed by atoms with E-state index in [4.69, 9.17) is 0 Å². The van der Waals surface area contributed by atoms with Crippen LogP contribution in [0.15, 0.2) is 27.8 Å². The van der Waals surface area contributed by atoms with Crippen molar-refractivity contribution in [1.82, 2.24) is 5.32 Å². The molecule has 42 valence electrons. The van der Waals surface area contributed by atoms with E-state index in [1.54, 1.807) is 18.0 Å². The lowest BCUT2D eigenvalue weighted by atomic mass is 10.8. The van der Waals surface area contributed by atoms with Gasteiger partial charge in [0.25, 0.3) is 0 Å². The number of nitrogens with zero attached hydrogens (tertiary/aromatic N) is 1. The summed E-state index contributed by atoms with van der Waals surface area (Å²) in [5.41, 5.74) is 0. The highest BCUT2D eigenvalue weighted by atomic mass is 32.2. The molecule has 1 N–H and O–H groups in total. The van der Waals surface area contributed by atoms with Gasteiger partial charge in [-0.05, 0) is 12.1 Å². The molecule has 0 amide bonds. The van der Waals surface area contributed by atoms with Crippen molar-refractivity contribution >= 4 is 18.5 Å². The molecular weight excluding hydrogens is 120 g/mol. The average Bonchev–Trinajstić information content (AvgIpc) is 2.19. The average molecular weight is 126 g/mol. The molecule has 0 bridgehead atoms. The van der Waals surface area contributed by atoms with Crippen LogP contribution >= 0.6 is 11.8 Å². The lowest BCUT2D eigenvalue weighted by Crippen LogP contribution is -1.92. The first kappa shape index (κ1) is 5.44. The van der Waals surface area contributed by atoms with Gasteiger partial charge in [-0.25, -0.2) is 0 Å². The molecular formula is C5H6N2S. The highest BCUT2D eigenvalue weighted by Gasteiger charge is 1.95. The van der Waals surface area contributed by atoms with E-state index in [9.17, 15) is 0 Å². The first-order chi connectivity index (χ1) is 3.93. The Kier molecular flexibility index (Phi) is 1.75. The maximum absolute atomic E-state index is 3.58. The van der Waals surface area contributed by atoms with E-state index in [-0.39, 0.29) is 0 Å². The largest absolute Gasteiger partial charge is 0.354 e. The fourth-order valence-electron chi connectivity index (χ4n) is 0.408. The lowest BCUT2D eigenvalue weighted by molar-refractivity contribution is 1.18. The molecule has 0 radical (unpaired) electrons. The first-order valence-electron chi connectivity index (χ1n) is 2.17. The van der Waals surface area contributed by atoms with Crippen molar-refractivity contribution in [3.05, 3.63) is 22.8 Å². The van der Waals surface area contributed by atoms with Crippen LogP contribution in [-0.2, 0) is 0 Å². The molecule has 3 heteroatoms. The summed E-state index contributed by atoms with van der Waals surface area (Å²) >= 11 is 1.60. The normalized spacial score (nSPS) is 21.2. The van der Waals surface area contributed by atoms with Crippen molar-refractivity contribution in [2.24, 2.45) is 4.99 Å². The highest BCUT2D eigenvalue weighted by Crippen LogP contribution is 2.18. The van der Waals surface area contributed by atoms with Gasteiger partial charge in [0.1, 0.15) is 0 Å². The molecule has 0 saturated heterocycles. The quantitative estimate of drug-likeness (QED) is 0.535. The standard InChI is InChI=1S/C5H6N2S/c1-6-4-5-7-2-3-8-5/h2-4,7H,1H2. The van der Waals surface area contributed by atoms with Gasteiger partial charge in [-0.2, -0.15) is 0 Å². The second kappa shape index (κ2) is 2.57. The molecule has 2 nitrogen and oxygen atoms in total. The Morgan fingerprint density at radius 2 is 2.75 bits per heavy atom. The van der Waals surface area contributed by atoms with Gasteiger partial charge in [-0.15, -0.1) is 0 Å². The summed E-state index contributed by atoms with van der Waals surface area (Å²) in [4.78, 5) is 3.58. The van der Waals surface area contributed by atoms with Gasteiger partial charge in [0.05, 0.1) is 11.2 Å². The van der Waals surface area contributed by atoms with Crippen molar-refractivity contribution in [3.63, 3.8) is 0 Å². The van der Waals surface area contributed by atoms with Gasteiger partial charge in [0, 0.05) is 6.20 Å². The summed E-state index contributed by atoms with van der Waals surface area (Å²) in [5, 5.41) is 5.95. The van der Waals surface area contributed by atoms with Crippen LogP contribution in [0.3, 0.4) is 0 Å². The molecule has 8 heavy (non-hydrogen) atoms. The van der Waals surface area contributed by atoms with E-state index in [1.807, 2.05) is 11.6 Å². The second-order valence-corrected chi connectivity index (χ2v) is 2.19. The van der Waals surface area contributed by atoms with Crippen LogP contribution in [0, 0.1) is 0 Å². The van der Waals surface area contributed by atoms with Crippen LogP contribution in [0.25, 0.3) is 0 Å². The molecule has 0 fully saturated rings. The molecule has 1 rings (SSSR count). The Hall–Kier alpha value is -0.700. The molecule has 0 aromatic rings. The topological polar surface area (TPSA) is 24.4 Å². The predicted molar refractivity (Wildman–Crippen MR) is 37.5 cm³/mol. The number of thioether (sulfide) groups is 1. The Bertz CT molecular complexity index is 139. The van der Waals surface area contributed by atoms with Crippen LogP contribution < -0.4 is 5.32 Å². The van der Waals surface area contributed by atoms with E-state index in [0.717, 1.165) is 5.03 Å². The highest BCUT2D eigenvalue weighted by molar-refractivity contribution is 8.06. The number of nitrogens with one attached hydrogen (secondary N) is 1. The fraction of sp³-hybridized carbons (Fsp3) is 0. The zero-order valence-electron chi connectivity index (χ0n) is 4.29. The Morgan fingerprint density at radius 3 is 3.25 bits per heavy atom.